The molecule has 4 fully saturated rings. The fraction of sp³-hybridized carbons (Fsp3) is 0.618. The van der Waals surface area contributed by atoms with Crippen LogP contribution in [0.5, 0.6) is 0 Å². The lowest BCUT2D eigenvalue weighted by Crippen LogP contribution is -2.62. The van der Waals surface area contributed by atoms with Crippen LogP contribution in [0.1, 0.15) is 26.3 Å². The van der Waals surface area contributed by atoms with Crippen LogP contribution in [0.15, 0.2) is 48.7 Å². The normalized spacial score (nSPS) is 42.7. The van der Waals surface area contributed by atoms with Crippen LogP contribution in [-0.2, 0) is 57.0 Å². The highest BCUT2D eigenvalue weighted by molar-refractivity contribution is 5.87. The van der Waals surface area contributed by atoms with E-state index in [2.05, 4.69) is 0 Å². The lowest BCUT2D eigenvalue weighted by molar-refractivity contribution is -0.347. The molecular formula is C34H42O17. The van der Waals surface area contributed by atoms with Crippen LogP contribution < -0.4 is 0 Å². The second kappa shape index (κ2) is 15.2. The minimum absolute atomic E-state index is 0.512. The molecule has 17 nitrogen and oxygen atoms in total. The molecule has 0 unspecified atom stereocenters. The average Bonchev–Trinajstić information content (AvgIpc) is 3.78. The topological polar surface area (TPSA) is 239 Å². The zero-order valence-corrected chi connectivity index (χ0v) is 27.9. The number of fused-ring (bicyclic) bond motifs is 3. The van der Waals surface area contributed by atoms with Crippen LogP contribution in [0.2, 0.25) is 0 Å². The van der Waals surface area contributed by atoms with E-state index < -0.39 is 128 Å². The van der Waals surface area contributed by atoms with Crippen LogP contribution in [0, 0.1) is 11.8 Å². The summed E-state index contributed by atoms with van der Waals surface area (Å²) in [6, 6.07) is 8.96. The first-order valence-electron chi connectivity index (χ1n) is 16.5. The number of epoxide rings is 1. The van der Waals surface area contributed by atoms with Gasteiger partial charge in [-0.2, -0.15) is 0 Å². The fourth-order valence-corrected chi connectivity index (χ4v) is 7.25. The Morgan fingerprint density at radius 3 is 2.20 bits per heavy atom. The third kappa shape index (κ3) is 7.41. The molecule has 17 heteroatoms. The number of esters is 3. The maximum absolute atomic E-state index is 13.1. The van der Waals surface area contributed by atoms with Gasteiger partial charge in [-0.3, -0.25) is 9.59 Å². The van der Waals surface area contributed by atoms with E-state index in [-0.39, 0.29) is 0 Å². The van der Waals surface area contributed by atoms with Crippen molar-refractivity contribution < 1.29 is 82.5 Å². The highest BCUT2D eigenvalue weighted by atomic mass is 16.8. The largest absolute Gasteiger partial charge is 0.472 e. The van der Waals surface area contributed by atoms with Gasteiger partial charge in [-0.25, -0.2) is 4.79 Å². The second-order valence-electron chi connectivity index (χ2n) is 13.0. The molecule has 5 aliphatic rings. The van der Waals surface area contributed by atoms with Crippen molar-refractivity contribution in [2.24, 2.45) is 11.8 Å². The Morgan fingerprint density at radius 2 is 1.53 bits per heavy atom. The monoisotopic (exact) mass is 722 g/mol. The van der Waals surface area contributed by atoms with E-state index in [9.17, 15) is 39.9 Å². The highest BCUT2D eigenvalue weighted by Crippen LogP contribution is 2.61. The molecule has 0 spiro atoms. The van der Waals surface area contributed by atoms with Gasteiger partial charge >= 0.3 is 17.9 Å². The molecule has 0 amide bonds. The van der Waals surface area contributed by atoms with Crippen LogP contribution in [0.4, 0.5) is 0 Å². The molecule has 5 N–H and O–H groups in total. The molecule has 1 aromatic carbocycles. The van der Waals surface area contributed by atoms with Gasteiger partial charge in [-0.15, -0.1) is 0 Å². The lowest BCUT2D eigenvalue weighted by Gasteiger charge is -2.45. The molecule has 6 rings (SSSR count). The summed E-state index contributed by atoms with van der Waals surface area (Å²) >= 11 is 0. The third-order valence-corrected chi connectivity index (χ3v) is 9.68. The van der Waals surface area contributed by atoms with E-state index in [4.69, 9.17) is 42.6 Å². The SMILES string of the molecule is CC(=O)O[C@@H]1[C@@H](OC(=O)/C=C/c2ccccc2)[C@@H](OC(C)=O)[C@H](O[C@H]2[C@@H]3C=CO[C@@H](O[C@@H]4O[C@H](CO)[C@@H](O)[C@H](O)[C@H]4O)[C@@H]3[C@@]3(CO)O[C@H]23)O[C@H]1C. The van der Waals surface area contributed by atoms with Crippen molar-refractivity contribution in [1.82, 2.24) is 0 Å². The van der Waals surface area contributed by atoms with Crippen molar-refractivity contribution >= 4 is 24.0 Å². The highest BCUT2D eigenvalue weighted by Gasteiger charge is 2.77. The summed E-state index contributed by atoms with van der Waals surface area (Å²) in [5.74, 6) is -3.71. The summed E-state index contributed by atoms with van der Waals surface area (Å²) in [6.45, 7) is 2.69. The number of hydrogen-bond donors (Lipinski definition) is 5. The molecular weight excluding hydrogens is 680 g/mol. The van der Waals surface area contributed by atoms with E-state index in [1.54, 1.807) is 37.3 Å². The number of hydrogen-bond acceptors (Lipinski definition) is 17. The minimum Gasteiger partial charge on any atom is -0.472 e. The van der Waals surface area contributed by atoms with Crippen molar-refractivity contribution in [2.75, 3.05) is 13.2 Å². The van der Waals surface area contributed by atoms with Crippen LogP contribution >= 0.6 is 0 Å². The second-order valence-corrected chi connectivity index (χ2v) is 13.0. The smallest absolute Gasteiger partial charge is 0.331 e. The van der Waals surface area contributed by atoms with Gasteiger partial charge in [-0.1, -0.05) is 30.3 Å². The van der Waals surface area contributed by atoms with Crippen molar-refractivity contribution in [2.45, 2.75) is 106 Å². The third-order valence-electron chi connectivity index (χ3n) is 9.68. The van der Waals surface area contributed by atoms with Crippen molar-refractivity contribution in [1.29, 1.82) is 0 Å². The Hall–Kier alpha value is -3.49. The number of carbonyl (C=O) groups excluding carboxylic acids is 3. The minimum atomic E-state index is -1.72. The van der Waals surface area contributed by atoms with E-state index in [0.717, 1.165) is 12.5 Å². The lowest BCUT2D eigenvalue weighted by atomic mass is 9.85. The van der Waals surface area contributed by atoms with Gasteiger partial charge in [0.2, 0.25) is 6.29 Å². The van der Waals surface area contributed by atoms with Gasteiger partial charge in [0.15, 0.2) is 30.9 Å². The number of ether oxygens (including phenoxy) is 9. The Labute approximate surface area is 292 Å². The Balaban J connectivity index is 1.24. The first kappa shape index (κ1) is 37.3. The van der Waals surface area contributed by atoms with Gasteiger partial charge in [0.25, 0.3) is 0 Å². The van der Waals surface area contributed by atoms with E-state index in [1.165, 1.54) is 25.3 Å². The summed E-state index contributed by atoms with van der Waals surface area (Å²) in [7, 11) is 0. The molecule has 4 aliphatic heterocycles. The Morgan fingerprint density at radius 1 is 0.824 bits per heavy atom. The van der Waals surface area contributed by atoms with Crippen molar-refractivity contribution in [3.63, 3.8) is 0 Å². The Kier molecular flexibility index (Phi) is 11.1. The molecule has 1 aliphatic carbocycles. The fourth-order valence-electron chi connectivity index (χ4n) is 7.25. The van der Waals surface area contributed by atoms with Gasteiger partial charge in [0, 0.05) is 25.8 Å². The predicted molar refractivity (Wildman–Crippen MR) is 166 cm³/mol. The summed E-state index contributed by atoms with van der Waals surface area (Å²) in [5.41, 5.74) is -0.556. The molecule has 0 aromatic heterocycles. The maximum Gasteiger partial charge on any atom is 0.331 e. The van der Waals surface area contributed by atoms with Crippen molar-refractivity contribution in [3.8, 4) is 0 Å². The van der Waals surface area contributed by atoms with E-state index >= 15 is 0 Å². The zero-order chi connectivity index (χ0) is 36.6. The molecule has 16 atom stereocenters. The molecule has 4 heterocycles. The van der Waals surface area contributed by atoms with E-state index in [1.807, 2.05) is 6.07 Å². The molecule has 1 saturated carbocycles. The van der Waals surface area contributed by atoms with E-state index in [0.29, 0.717) is 0 Å². The van der Waals surface area contributed by atoms with Gasteiger partial charge in [0.1, 0.15) is 36.1 Å². The number of rotatable bonds is 11. The summed E-state index contributed by atoms with van der Waals surface area (Å²) in [4.78, 5) is 37.6. The van der Waals surface area contributed by atoms with Crippen LogP contribution in [0.25, 0.3) is 6.08 Å². The summed E-state index contributed by atoms with van der Waals surface area (Å²) in [5, 5.41) is 51.2. The maximum atomic E-state index is 13.1. The first-order chi connectivity index (χ1) is 24.4. The number of aliphatic hydroxyl groups is 5. The molecule has 280 valence electrons. The number of aliphatic hydroxyl groups excluding tert-OH is 5. The van der Waals surface area contributed by atoms with Gasteiger partial charge < -0.3 is 68.2 Å². The number of benzene rings is 1. The molecule has 0 bridgehead atoms. The van der Waals surface area contributed by atoms with Crippen molar-refractivity contribution in [3.05, 3.63) is 54.3 Å². The molecule has 51 heavy (non-hydrogen) atoms. The summed E-state index contributed by atoms with van der Waals surface area (Å²) in [6.07, 6.45) is -11.5. The summed E-state index contributed by atoms with van der Waals surface area (Å²) < 4.78 is 52.6. The van der Waals surface area contributed by atoms with Crippen LogP contribution in [-0.4, -0.2) is 142 Å². The number of carbonyl (C=O) groups is 3. The first-order valence-corrected chi connectivity index (χ1v) is 16.5. The molecule has 0 radical (unpaired) electrons. The standard InChI is InChI=1S/C34H42O17/c1-15-26(45-16(2)37)28(48-21(39)10-9-18-7-5-4-6-8-18)29(46-17(3)38)33(44-15)49-27-19-11-12-43-31(22(19)34(14-36)30(27)51-34)50-32-25(42)24(41)23(40)20(13-35)47-32/h4-12,15,19-20,22-33,35-36,40-42H,13-14H2,1-3H3/b10-9+/t15-,19+,20+,22+,23+,24-,25+,26-,27-,28+,29+,30+,31-,32-,33-,34+/m0/s1. The van der Waals surface area contributed by atoms with Crippen LogP contribution in [0.3, 0.4) is 0 Å². The quantitative estimate of drug-likeness (QED) is 0.0769. The predicted octanol–water partition coefficient (Wildman–Crippen LogP) is -1.33. The zero-order valence-electron chi connectivity index (χ0n) is 27.9. The van der Waals surface area contributed by atoms with Gasteiger partial charge in [-0.05, 0) is 24.6 Å². The van der Waals surface area contributed by atoms with Gasteiger partial charge in [0.05, 0.1) is 37.6 Å². The Bertz CT molecular complexity index is 1470. The average molecular weight is 723 g/mol. The molecule has 3 saturated heterocycles. The molecule has 1 aromatic rings.